The number of hydrogen-bond acceptors (Lipinski definition) is 5. The van der Waals surface area contributed by atoms with Gasteiger partial charge in [0, 0.05) is 30.5 Å². The fourth-order valence-electron chi connectivity index (χ4n) is 2.21. The number of aromatic nitrogens is 2. The van der Waals surface area contributed by atoms with Crippen molar-refractivity contribution in [2.45, 2.75) is 32.6 Å². The minimum atomic E-state index is 0.432. The average molecular weight is 254 g/mol. The maximum Gasteiger partial charge on any atom is 0.205 e. The van der Waals surface area contributed by atoms with Gasteiger partial charge in [0.15, 0.2) is 0 Å². The predicted octanol–water partition coefficient (Wildman–Crippen LogP) is 2.10. The third-order valence-corrected chi connectivity index (χ3v) is 4.12. The normalized spacial score (nSPS) is 18.0. The molecule has 1 aromatic rings. The smallest absolute Gasteiger partial charge is 0.205 e. The van der Waals surface area contributed by atoms with Crippen molar-refractivity contribution in [3.63, 3.8) is 0 Å². The number of anilines is 1. The van der Waals surface area contributed by atoms with Crippen molar-refractivity contribution < 1.29 is 0 Å². The van der Waals surface area contributed by atoms with Crippen LogP contribution >= 0.6 is 11.5 Å². The van der Waals surface area contributed by atoms with Crippen molar-refractivity contribution in [1.29, 1.82) is 0 Å². The summed E-state index contributed by atoms with van der Waals surface area (Å²) in [7, 11) is 2.03. The fraction of sp³-hybridized carbons (Fsp3) is 0.833. The van der Waals surface area contributed by atoms with Crippen molar-refractivity contribution in [3.05, 3.63) is 5.82 Å². The Morgan fingerprint density at radius 3 is 2.65 bits per heavy atom. The standard InChI is InChI=1S/C12H22N4S/c1-9(2)11-14-12(17-15-11)16-6-4-10(5-7-16)8-13-3/h9-10,13H,4-8H2,1-3H3. The Bertz CT molecular complexity index is 342. The van der Waals surface area contributed by atoms with Gasteiger partial charge in [-0.2, -0.15) is 4.37 Å². The minimum Gasteiger partial charge on any atom is -0.347 e. The molecule has 2 heterocycles. The van der Waals surface area contributed by atoms with Crippen LogP contribution in [0.5, 0.6) is 0 Å². The molecule has 1 saturated heterocycles. The third kappa shape index (κ3) is 3.16. The molecule has 17 heavy (non-hydrogen) atoms. The summed E-state index contributed by atoms with van der Waals surface area (Å²) in [6, 6.07) is 0. The van der Waals surface area contributed by atoms with Gasteiger partial charge in [0.25, 0.3) is 0 Å². The van der Waals surface area contributed by atoms with Crippen LogP contribution < -0.4 is 10.2 Å². The van der Waals surface area contributed by atoms with Crippen molar-refractivity contribution in [1.82, 2.24) is 14.7 Å². The van der Waals surface area contributed by atoms with Gasteiger partial charge in [-0.25, -0.2) is 4.98 Å². The zero-order valence-electron chi connectivity index (χ0n) is 10.9. The number of hydrogen-bond donors (Lipinski definition) is 1. The molecule has 0 bridgehead atoms. The van der Waals surface area contributed by atoms with Crippen molar-refractivity contribution >= 4 is 16.7 Å². The monoisotopic (exact) mass is 254 g/mol. The van der Waals surface area contributed by atoms with Gasteiger partial charge in [0.05, 0.1) is 0 Å². The van der Waals surface area contributed by atoms with Crippen molar-refractivity contribution in [3.8, 4) is 0 Å². The van der Waals surface area contributed by atoms with Gasteiger partial charge in [0.1, 0.15) is 5.82 Å². The fourth-order valence-corrected chi connectivity index (χ4v) is 3.07. The highest BCUT2D eigenvalue weighted by Crippen LogP contribution is 2.26. The Morgan fingerprint density at radius 1 is 1.41 bits per heavy atom. The van der Waals surface area contributed by atoms with Crippen LogP contribution in [-0.2, 0) is 0 Å². The van der Waals surface area contributed by atoms with Gasteiger partial charge in [-0.3, -0.25) is 0 Å². The van der Waals surface area contributed by atoms with Gasteiger partial charge < -0.3 is 10.2 Å². The molecule has 96 valence electrons. The molecular formula is C12H22N4S. The lowest BCUT2D eigenvalue weighted by atomic mass is 9.97. The lowest BCUT2D eigenvalue weighted by molar-refractivity contribution is 0.393. The maximum absolute atomic E-state index is 4.62. The van der Waals surface area contributed by atoms with E-state index in [-0.39, 0.29) is 0 Å². The van der Waals surface area contributed by atoms with Crippen molar-refractivity contribution in [2.24, 2.45) is 5.92 Å². The summed E-state index contributed by atoms with van der Waals surface area (Å²) >= 11 is 1.55. The summed E-state index contributed by atoms with van der Waals surface area (Å²) in [4.78, 5) is 7.01. The minimum absolute atomic E-state index is 0.432. The van der Waals surface area contributed by atoms with Gasteiger partial charge in [-0.1, -0.05) is 13.8 Å². The van der Waals surface area contributed by atoms with Crippen LogP contribution in [0, 0.1) is 5.92 Å². The molecule has 1 aliphatic rings. The molecule has 0 aliphatic carbocycles. The van der Waals surface area contributed by atoms with E-state index < -0.39 is 0 Å². The van der Waals surface area contributed by atoms with Crippen LogP contribution in [0.15, 0.2) is 0 Å². The van der Waals surface area contributed by atoms with E-state index in [0.29, 0.717) is 5.92 Å². The Labute approximate surface area is 108 Å². The van der Waals surface area contributed by atoms with Gasteiger partial charge in [-0.15, -0.1) is 0 Å². The van der Waals surface area contributed by atoms with Crippen LogP contribution in [0.25, 0.3) is 0 Å². The van der Waals surface area contributed by atoms with E-state index >= 15 is 0 Å². The van der Waals surface area contributed by atoms with Crippen LogP contribution in [0.3, 0.4) is 0 Å². The molecule has 1 aliphatic heterocycles. The van der Waals surface area contributed by atoms with Crippen LogP contribution in [-0.4, -0.2) is 36.0 Å². The third-order valence-electron chi connectivity index (χ3n) is 3.33. The lowest BCUT2D eigenvalue weighted by Gasteiger charge is -2.31. The lowest BCUT2D eigenvalue weighted by Crippen LogP contribution is -2.36. The van der Waals surface area contributed by atoms with Crippen molar-refractivity contribution in [2.75, 3.05) is 31.6 Å². The van der Waals surface area contributed by atoms with E-state index in [1.165, 1.54) is 12.8 Å². The number of piperidine rings is 1. The van der Waals surface area contributed by atoms with Gasteiger partial charge in [0.2, 0.25) is 5.13 Å². The van der Waals surface area contributed by atoms with E-state index in [1.54, 1.807) is 11.5 Å². The van der Waals surface area contributed by atoms with E-state index in [0.717, 1.165) is 36.5 Å². The number of nitrogens with one attached hydrogen (secondary N) is 1. The maximum atomic E-state index is 4.62. The molecule has 0 saturated carbocycles. The molecule has 0 atom stereocenters. The number of rotatable bonds is 4. The molecule has 0 radical (unpaired) electrons. The summed E-state index contributed by atoms with van der Waals surface area (Å²) in [5.74, 6) is 2.25. The summed E-state index contributed by atoms with van der Waals surface area (Å²) in [6.07, 6.45) is 2.52. The molecule has 5 heteroatoms. The van der Waals surface area contributed by atoms with Gasteiger partial charge >= 0.3 is 0 Å². The van der Waals surface area contributed by atoms with Crippen LogP contribution in [0.2, 0.25) is 0 Å². The molecule has 0 amide bonds. The summed E-state index contributed by atoms with van der Waals surface area (Å²) in [6.45, 7) is 7.68. The van der Waals surface area contributed by atoms with Crippen LogP contribution in [0.4, 0.5) is 5.13 Å². The molecule has 4 nitrogen and oxygen atoms in total. The SMILES string of the molecule is CNCC1CCN(c2nc(C(C)C)ns2)CC1. The molecule has 0 aromatic carbocycles. The van der Waals surface area contributed by atoms with E-state index in [9.17, 15) is 0 Å². The molecule has 0 spiro atoms. The van der Waals surface area contributed by atoms with E-state index in [4.69, 9.17) is 0 Å². The second-order valence-electron chi connectivity index (χ2n) is 5.08. The Morgan fingerprint density at radius 2 is 2.12 bits per heavy atom. The average Bonchev–Trinajstić information content (AvgIpc) is 2.80. The summed E-state index contributed by atoms with van der Waals surface area (Å²) in [5, 5.41) is 4.38. The summed E-state index contributed by atoms with van der Waals surface area (Å²) in [5.41, 5.74) is 0. The summed E-state index contributed by atoms with van der Waals surface area (Å²) < 4.78 is 4.42. The first kappa shape index (κ1) is 12.8. The van der Waals surface area contributed by atoms with Crippen LogP contribution in [0.1, 0.15) is 38.4 Å². The molecule has 0 unspecified atom stereocenters. The Hall–Kier alpha value is -0.680. The largest absolute Gasteiger partial charge is 0.347 e. The number of nitrogens with zero attached hydrogens (tertiary/aromatic N) is 3. The zero-order valence-corrected chi connectivity index (χ0v) is 11.8. The zero-order chi connectivity index (χ0) is 12.3. The molecule has 2 rings (SSSR count). The second kappa shape index (κ2) is 5.78. The van der Waals surface area contributed by atoms with E-state index in [2.05, 4.69) is 33.4 Å². The molecule has 1 aromatic heterocycles. The molecule has 1 fully saturated rings. The highest BCUT2D eigenvalue weighted by atomic mass is 32.1. The quantitative estimate of drug-likeness (QED) is 0.893. The highest BCUT2D eigenvalue weighted by molar-refractivity contribution is 7.09. The second-order valence-corrected chi connectivity index (χ2v) is 5.81. The first-order chi connectivity index (χ1) is 8.20. The first-order valence-corrected chi connectivity index (χ1v) is 7.21. The highest BCUT2D eigenvalue weighted by Gasteiger charge is 2.21. The van der Waals surface area contributed by atoms with Gasteiger partial charge in [-0.05, 0) is 32.4 Å². The van der Waals surface area contributed by atoms with E-state index in [1.807, 2.05) is 7.05 Å². The predicted molar refractivity (Wildman–Crippen MR) is 72.9 cm³/mol. The Kier molecular flexibility index (Phi) is 4.34. The molecular weight excluding hydrogens is 232 g/mol. The molecule has 1 N–H and O–H groups in total. The topological polar surface area (TPSA) is 41.0 Å². The Balaban J connectivity index is 1.91. The first-order valence-electron chi connectivity index (χ1n) is 6.44.